The molecule has 3 unspecified atom stereocenters. The van der Waals surface area contributed by atoms with Crippen molar-refractivity contribution < 1.29 is 65.3 Å². The van der Waals surface area contributed by atoms with Crippen LogP contribution in [0.15, 0.2) is 11.0 Å². The van der Waals surface area contributed by atoms with Crippen LogP contribution in [0.3, 0.4) is 0 Å². The third kappa shape index (κ3) is 6.65. The molecule has 0 aromatic carbocycles. The van der Waals surface area contributed by atoms with E-state index >= 15 is 0 Å². The van der Waals surface area contributed by atoms with Crippen molar-refractivity contribution in [2.24, 2.45) is 0 Å². The summed E-state index contributed by atoms with van der Waals surface area (Å²) in [6, 6.07) is 0. The molecule has 1 aromatic heterocycles. The van der Waals surface area contributed by atoms with Crippen LogP contribution in [0.25, 0.3) is 0 Å². The number of alkyl halides is 1. The first kappa shape index (κ1) is 26.5. The van der Waals surface area contributed by atoms with Crippen LogP contribution in [0.1, 0.15) is 6.23 Å². The van der Waals surface area contributed by atoms with Gasteiger partial charge in [0.05, 0.1) is 6.20 Å². The molecule has 0 bridgehead atoms. The number of halogens is 2. The molecule has 0 spiro atoms. The quantitative estimate of drug-likeness (QED) is 0.191. The number of aliphatic hydroxyl groups excluding tert-OH is 2. The Balaban J connectivity index is 2.18. The van der Waals surface area contributed by atoms with Gasteiger partial charge in [0.1, 0.15) is 23.5 Å². The zero-order valence-corrected chi connectivity index (χ0v) is 18.5. The van der Waals surface area contributed by atoms with Crippen molar-refractivity contribution in [2.75, 3.05) is 13.3 Å². The van der Waals surface area contributed by atoms with Gasteiger partial charge in [-0.3, -0.25) is 18.6 Å². The molecule has 1 saturated heterocycles. The molecule has 2 heterocycles. The Kier molecular flexibility index (Phi) is 7.63. The predicted molar refractivity (Wildman–Crippen MR) is 95.3 cm³/mol. The molecule has 1 aliphatic heterocycles. The molecule has 31 heavy (non-hydrogen) atoms. The number of H-pyrrole nitrogens is 1. The predicted octanol–water partition coefficient (Wildman–Crippen LogP) is 0.0272. The number of ether oxygens (including phenoxy) is 1. The minimum atomic E-state index is -5.69. The van der Waals surface area contributed by atoms with Crippen LogP contribution in [0.5, 0.6) is 0 Å². The average molecular weight is 534 g/mol. The van der Waals surface area contributed by atoms with Crippen LogP contribution in [0, 0.1) is 10.5 Å². The van der Waals surface area contributed by atoms with Crippen LogP contribution >= 0.6 is 35.5 Å². The smallest absolute Gasteiger partial charge is 0.385 e. The number of aromatic amines is 1. The van der Waals surface area contributed by atoms with Gasteiger partial charge in [-0.05, 0) is 0 Å². The summed E-state index contributed by atoms with van der Waals surface area (Å²) < 4.78 is 78.5. The van der Waals surface area contributed by atoms with E-state index in [9.17, 15) is 47.3 Å². The summed E-state index contributed by atoms with van der Waals surface area (Å²) in [5, 5.41) is 19.8. The maximum atomic E-state index is 14.9. The second-order valence-electron chi connectivity index (χ2n) is 6.05. The fourth-order valence-corrected chi connectivity index (χ4v) is 5.90. The molecule has 6 N–H and O–H groups in total. The van der Waals surface area contributed by atoms with Gasteiger partial charge in [0.2, 0.25) is 0 Å². The van der Waals surface area contributed by atoms with E-state index in [0.29, 0.717) is 17.4 Å². The minimum absolute atomic E-state index is 0.297. The number of nitrogens with zero attached hydrogens (tertiary/aromatic N) is 1. The molecule has 0 aliphatic carbocycles. The summed E-state index contributed by atoms with van der Waals surface area (Å²) in [5.74, 6) is -4.69. The first-order chi connectivity index (χ1) is 13.9. The van der Waals surface area contributed by atoms with Gasteiger partial charge in [-0.25, -0.2) is 27.0 Å². The number of aromatic nitrogens is 2. The third-order valence-corrected chi connectivity index (χ3v) is 7.90. The first-order valence-corrected chi connectivity index (χ1v) is 13.1. The topological polar surface area (TPSA) is 227 Å². The average Bonchev–Trinajstić information content (AvgIpc) is 2.78. The summed E-state index contributed by atoms with van der Waals surface area (Å²) in [5.41, 5.74) is -1.17. The molecular weight excluding hydrogens is 519 g/mol. The zero-order chi connectivity index (χ0) is 24.0. The van der Waals surface area contributed by atoms with Crippen molar-refractivity contribution in [1.29, 1.82) is 0 Å². The molecule has 1 aliphatic rings. The van der Waals surface area contributed by atoms with Gasteiger partial charge in [0.25, 0.3) is 5.85 Å². The van der Waals surface area contributed by atoms with E-state index in [1.165, 1.54) is 0 Å². The standard InChI is InChI=1S/C10H15F2N2O13P3S/c1-28(18,19)26-30(22,23)27-29(20,21)24-3-10(12)6(16)5(15)8(25-10)14-2-4(11)7(31)13-9(14)17/h2,5-6,8,15-16H,3H2,1H3,(H,18,19)(H,20,21)(H,22,23)(H,13,17,31)/t5-,6+,8-,10-/m1/s1. The lowest BCUT2D eigenvalue weighted by Gasteiger charge is -2.24. The highest BCUT2D eigenvalue weighted by Crippen LogP contribution is 2.66. The Labute approximate surface area is 175 Å². The number of hydrogen-bond acceptors (Lipinski definition) is 11. The summed E-state index contributed by atoms with van der Waals surface area (Å²) in [6.07, 6.45) is -6.40. The Bertz CT molecular complexity index is 1110. The highest BCUT2D eigenvalue weighted by Gasteiger charge is 2.57. The van der Waals surface area contributed by atoms with Gasteiger partial charge in [-0.15, -0.1) is 0 Å². The molecule has 2 rings (SSSR count). The van der Waals surface area contributed by atoms with Crippen LogP contribution in [0.4, 0.5) is 8.78 Å². The van der Waals surface area contributed by atoms with Crippen molar-refractivity contribution in [3.63, 3.8) is 0 Å². The van der Waals surface area contributed by atoms with Gasteiger partial charge in [0.15, 0.2) is 12.0 Å². The van der Waals surface area contributed by atoms with Crippen LogP contribution in [-0.2, 0) is 31.6 Å². The van der Waals surface area contributed by atoms with Crippen molar-refractivity contribution in [2.45, 2.75) is 24.3 Å². The van der Waals surface area contributed by atoms with Crippen molar-refractivity contribution in [3.8, 4) is 0 Å². The molecule has 21 heteroatoms. The highest BCUT2D eigenvalue weighted by atomic mass is 32.1. The van der Waals surface area contributed by atoms with Crippen molar-refractivity contribution in [1.82, 2.24) is 9.55 Å². The van der Waals surface area contributed by atoms with Crippen LogP contribution in [-0.4, -0.2) is 65.8 Å². The van der Waals surface area contributed by atoms with Gasteiger partial charge >= 0.3 is 28.9 Å². The van der Waals surface area contributed by atoms with Gasteiger partial charge in [-0.1, -0.05) is 12.2 Å². The van der Waals surface area contributed by atoms with E-state index in [2.05, 4.69) is 30.1 Å². The second kappa shape index (κ2) is 8.91. The lowest BCUT2D eigenvalue weighted by molar-refractivity contribution is -0.205. The Morgan fingerprint density at radius 1 is 1.26 bits per heavy atom. The Morgan fingerprint density at radius 3 is 2.39 bits per heavy atom. The molecule has 1 fully saturated rings. The first-order valence-electron chi connectivity index (χ1n) is 7.63. The van der Waals surface area contributed by atoms with Crippen LogP contribution < -0.4 is 5.69 Å². The lowest BCUT2D eigenvalue weighted by Crippen LogP contribution is -2.43. The zero-order valence-electron chi connectivity index (χ0n) is 15.0. The number of phosphoric ester groups is 1. The number of nitrogens with one attached hydrogen (secondary N) is 1. The van der Waals surface area contributed by atoms with E-state index in [-0.39, 0.29) is 0 Å². The van der Waals surface area contributed by atoms with Gasteiger partial charge < -0.3 is 29.6 Å². The van der Waals surface area contributed by atoms with E-state index in [1.54, 1.807) is 0 Å². The van der Waals surface area contributed by atoms with E-state index in [0.717, 1.165) is 0 Å². The molecule has 15 nitrogen and oxygen atoms in total. The van der Waals surface area contributed by atoms with Crippen molar-refractivity contribution in [3.05, 3.63) is 27.1 Å². The lowest BCUT2D eigenvalue weighted by atomic mass is 10.1. The van der Waals surface area contributed by atoms with Gasteiger partial charge in [-0.2, -0.15) is 4.31 Å². The van der Waals surface area contributed by atoms with E-state index in [1.807, 2.05) is 4.98 Å². The van der Waals surface area contributed by atoms with Gasteiger partial charge in [0, 0.05) is 6.66 Å². The summed E-state index contributed by atoms with van der Waals surface area (Å²) in [4.78, 5) is 41.1. The second-order valence-corrected chi connectivity index (χ2v) is 11.5. The molecule has 0 amide bonds. The normalized spacial score (nSPS) is 32.2. The third-order valence-electron chi connectivity index (χ3n) is 3.46. The fraction of sp³-hybridized carbons (Fsp3) is 0.600. The maximum Gasteiger partial charge on any atom is 0.488 e. The number of hydrogen-bond donors (Lipinski definition) is 6. The van der Waals surface area contributed by atoms with Crippen molar-refractivity contribution >= 4 is 35.5 Å². The Morgan fingerprint density at radius 2 is 1.84 bits per heavy atom. The molecule has 1 aromatic rings. The number of aliphatic hydroxyl groups is 2. The number of rotatable bonds is 8. The molecule has 7 atom stereocenters. The van der Waals surface area contributed by atoms with Crippen LogP contribution in [0.2, 0.25) is 0 Å². The fourth-order valence-electron chi connectivity index (χ4n) is 2.27. The van der Waals surface area contributed by atoms with E-state index < -0.39 is 70.3 Å². The largest absolute Gasteiger partial charge is 0.488 e. The summed E-state index contributed by atoms with van der Waals surface area (Å²) in [7, 11) is -16.0. The van der Waals surface area contributed by atoms with E-state index in [4.69, 9.17) is 4.89 Å². The molecule has 0 radical (unpaired) electrons. The Hall–Kier alpha value is -0.710. The highest BCUT2D eigenvalue weighted by molar-refractivity contribution is 7.71. The summed E-state index contributed by atoms with van der Waals surface area (Å²) >= 11 is 4.48. The minimum Gasteiger partial charge on any atom is -0.385 e. The SMILES string of the molecule is CP(=O)(O)OP(=O)(O)OP(=O)(O)OC[C@@]1(F)O[C@@H](n2cc(F)c(=S)[nH]c2=O)[C@H](O)[C@@H]1O. The monoisotopic (exact) mass is 534 g/mol. The molecule has 178 valence electrons. The summed E-state index contributed by atoms with van der Waals surface area (Å²) in [6.45, 7) is -1.29. The number of phosphoric acid groups is 2. The maximum absolute atomic E-state index is 14.9. The molecular formula is C10H15F2N2O13P3S. The molecule has 0 saturated carbocycles.